The van der Waals surface area contributed by atoms with E-state index in [0.29, 0.717) is 22.6 Å². The number of aromatic nitrogens is 1. The molecular formula is C18H20ClN3O3. The van der Waals surface area contributed by atoms with Crippen molar-refractivity contribution in [1.29, 1.82) is 0 Å². The summed E-state index contributed by atoms with van der Waals surface area (Å²) in [6, 6.07) is 7.32. The van der Waals surface area contributed by atoms with Gasteiger partial charge in [0, 0.05) is 28.7 Å². The van der Waals surface area contributed by atoms with Gasteiger partial charge in [0.1, 0.15) is 0 Å². The predicted octanol–water partition coefficient (Wildman–Crippen LogP) is 2.56. The Morgan fingerprint density at radius 2 is 2.16 bits per heavy atom. The van der Waals surface area contributed by atoms with E-state index >= 15 is 0 Å². The van der Waals surface area contributed by atoms with Crippen LogP contribution >= 0.6 is 11.6 Å². The molecule has 1 saturated carbocycles. The number of pyridine rings is 1. The number of carboxylic acid groups (broad SMARTS) is 1. The van der Waals surface area contributed by atoms with Gasteiger partial charge in [-0.1, -0.05) is 24.6 Å². The van der Waals surface area contributed by atoms with Gasteiger partial charge in [-0.3, -0.25) is 19.5 Å². The molecule has 3 rings (SSSR count). The Kier molecular flexibility index (Phi) is 5.20. The van der Waals surface area contributed by atoms with Crippen LogP contribution in [0.2, 0.25) is 5.02 Å². The molecule has 1 amide bonds. The number of halogens is 1. The number of carboxylic acids is 1. The smallest absolute Gasteiger partial charge is 0.317 e. The summed E-state index contributed by atoms with van der Waals surface area (Å²) >= 11 is 6.11. The minimum Gasteiger partial charge on any atom is -0.480 e. The van der Waals surface area contributed by atoms with Crippen LogP contribution in [0.25, 0.3) is 10.9 Å². The average molecular weight is 362 g/mol. The summed E-state index contributed by atoms with van der Waals surface area (Å²) in [5.41, 5.74) is 1.09. The Balaban J connectivity index is 1.66. The number of likely N-dealkylation sites (N-methyl/N-ethyl adjacent to an activating group) is 1. The SMILES string of the molecule is CCN(CC(=O)O)C1CC(NC(=O)c2cc(Cl)cc3cccnc23)C1. The molecule has 0 saturated heterocycles. The van der Waals surface area contributed by atoms with E-state index in [1.807, 2.05) is 17.9 Å². The lowest BCUT2D eigenvalue weighted by Crippen LogP contribution is -2.54. The number of hydrogen-bond donors (Lipinski definition) is 2. The number of carbonyl (C=O) groups excluding carboxylic acids is 1. The van der Waals surface area contributed by atoms with E-state index in [1.165, 1.54) is 0 Å². The molecule has 1 aliphatic rings. The number of amides is 1. The molecule has 1 aromatic heterocycles. The predicted molar refractivity (Wildman–Crippen MR) is 95.9 cm³/mol. The molecule has 0 spiro atoms. The van der Waals surface area contributed by atoms with Crippen LogP contribution in [0, 0.1) is 0 Å². The van der Waals surface area contributed by atoms with Crippen molar-refractivity contribution < 1.29 is 14.7 Å². The molecule has 7 heteroatoms. The van der Waals surface area contributed by atoms with Crippen LogP contribution in [-0.2, 0) is 4.79 Å². The Morgan fingerprint density at radius 3 is 2.84 bits per heavy atom. The topological polar surface area (TPSA) is 82.5 Å². The Bertz CT molecular complexity index is 805. The van der Waals surface area contributed by atoms with Gasteiger partial charge in [-0.2, -0.15) is 0 Å². The van der Waals surface area contributed by atoms with Crippen LogP contribution in [0.3, 0.4) is 0 Å². The molecule has 2 N–H and O–H groups in total. The summed E-state index contributed by atoms with van der Waals surface area (Å²) < 4.78 is 0. The Labute approximate surface area is 150 Å². The lowest BCUT2D eigenvalue weighted by atomic mass is 9.85. The van der Waals surface area contributed by atoms with Gasteiger partial charge in [0.05, 0.1) is 17.6 Å². The molecular weight excluding hydrogens is 342 g/mol. The molecule has 6 nitrogen and oxygen atoms in total. The summed E-state index contributed by atoms with van der Waals surface area (Å²) in [7, 11) is 0. The second-order valence-corrected chi connectivity index (χ2v) is 6.72. The van der Waals surface area contributed by atoms with Crippen molar-refractivity contribution in [3.8, 4) is 0 Å². The van der Waals surface area contributed by atoms with Crippen LogP contribution in [0.4, 0.5) is 0 Å². The monoisotopic (exact) mass is 361 g/mol. The third kappa shape index (κ3) is 3.91. The van der Waals surface area contributed by atoms with Crippen LogP contribution in [0.5, 0.6) is 0 Å². The van der Waals surface area contributed by atoms with Crippen LogP contribution in [0.1, 0.15) is 30.1 Å². The van der Waals surface area contributed by atoms with Crippen molar-refractivity contribution in [2.75, 3.05) is 13.1 Å². The first-order valence-electron chi connectivity index (χ1n) is 8.29. The van der Waals surface area contributed by atoms with Gasteiger partial charge in [-0.15, -0.1) is 0 Å². The normalized spacial score (nSPS) is 19.6. The molecule has 0 atom stereocenters. The number of rotatable bonds is 6. The highest BCUT2D eigenvalue weighted by Crippen LogP contribution is 2.27. The van der Waals surface area contributed by atoms with Crippen LogP contribution in [0.15, 0.2) is 30.5 Å². The van der Waals surface area contributed by atoms with E-state index in [-0.39, 0.29) is 24.5 Å². The van der Waals surface area contributed by atoms with Crippen molar-refractivity contribution in [2.45, 2.75) is 31.8 Å². The maximum absolute atomic E-state index is 12.6. The Morgan fingerprint density at radius 1 is 1.40 bits per heavy atom. The fourth-order valence-electron chi connectivity index (χ4n) is 3.27. The van der Waals surface area contributed by atoms with Crippen molar-refractivity contribution >= 4 is 34.4 Å². The van der Waals surface area contributed by atoms with E-state index in [4.69, 9.17) is 16.7 Å². The average Bonchev–Trinajstić information content (AvgIpc) is 2.54. The lowest BCUT2D eigenvalue weighted by molar-refractivity contribution is -0.139. The summed E-state index contributed by atoms with van der Waals surface area (Å²) in [5.74, 6) is -1.03. The fraction of sp³-hybridized carbons (Fsp3) is 0.389. The zero-order valence-electron chi connectivity index (χ0n) is 13.9. The maximum Gasteiger partial charge on any atom is 0.317 e. The molecule has 0 bridgehead atoms. The molecule has 1 heterocycles. The molecule has 1 aromatic carbocycles. The molecule has 132 valence electrons. The third-order valence-electron chi connectivity index (χ3n) is 4.62. The lowest BCUT2D eigenvalue weighted by Gasteiger charge is -2.42. The van der Waals surface area contributed by atoms with Crippen LogP contribution in [-0.4, -0.2) is 52.0 Å². The highest BCUT2D eigenvalue weighted by Gasteiger charge is 2.35. The summed E-state index contributed by atoms with van der Waals surface area (Å²) in [4.78, 5) is 29.7. The van der Waals surface area contributed by atoms with E-state index < -0.39 is 5.97 Å². The van der Waals surface area contributed by atoms with Gasteiger partial charge in [0.25, 0.3) is 5.91 Å². The maximum atomic E-state index is 12.6. The minimum atomic E-state index is -0.828. The van der Waals surface area contributed by atoms with E-state index in [0.717, 1.165) is 18.2 Å². The largest absolute Gasteiger partial charge is 0.480 e. The number of fused-ring (bicyclic) bond motifs is 1. The molecule has 0 radical (unpaired) electrons. The van der Waals surface area contributed by atoms with E-state index in [9.17, 15) is 9.59 Å². The zero-order valence-corrected chi connectivity index (χ0v) is 14.7. The molecule has 0 unspecified atom stereocenters. The van der Waals surface area contributed by atoms with Gasteiger partial charge < -0.3 is 10.4 Å². The quantitative estimate of drug-likeness (QED) is 0.826. The van der Waals surface area contributed by atoms with E-state index in [2.05, 4.69) is 10.3 Å². The molecule has 25 heavy (non-hydrogen) atoms. The standard InChI is InChI=1S/C18H20ClN3O3/c1-2-22(10-16(23)24)14-8-13(9-14)21-18(25)15-7-12(19)6-11-4-3-5-20-17(11)15/h3-7,13-14H,2,8-10H2,1H3,(H,21,25)(H,23,24). The molecule has 1 aliphatic carbocycles. The van der Waals surface area contributed by atoms with Crippen molar-refractivity contribution in [1.82, 2.24) is 15.2 Å². The highest BCUT2D eigenvalue weighted by molar-refractivity contribution is 6.32. The zero-order chi connectivity index (χ0) is 18.0. The van der Waals surface area contributed by atoms with Gasteiger partial charge in [0.2, 0.25) is 0 Å². The van der Waals surface area contributed by atoms with Crippen molar-refractivity contribution in [2.24, 2.45) is 0 Å². The fourth-order valence-corrected chi connectivity index (χ4v) is 3.50. The van der Waals surface area contributed by atoms with Gasteiger partial charge in [-0.05, 0) is 37.6 Å². The number of benzene rings is 1. The summed E-state index contributed by atoms with van der Waals surface area (Å²) in [5, 5.41) is 13.3. The van der Waals surface area contributed by atoms with Crippen LogP contribution < -0.4 is 5.32 Å². The van der Waals surface area contributed by atoms with Gasteiger partial charge in [0.15, 0.2) is 0 Å². The van der Waals surface area contributed by atoms with Gasteiger partial charge in [-0.25, -0.2) is 0 Å². The first kappa shape index (κ1) is 17.6. The first-order valence-corrected chi connectivity index (χ1v) is 8.66. The number of nitrogens with one attached hydrogen (secondary N) is 1. The van der Waals surface area contributed by atoms with Gasteiger partial charge >= 0.3 is 5.97 Å². The minimum absolute atomic E-state index is 0.0324. The summed E-state index contributed by atoms with van der Waals surface area (Å²) in [6.07, 6.45) is 3.15. The molecule has 2 aromatic rings. The number of aliphatic carboxylic acids is 1. The Hall–Kier alpha value is -2.18. The van der Waals surface area contributed by atoms with Crippen molar-refractivity contribution in [3.05, 3.63) is 41.0 Å². The number of hydrogen-bond acceptors (Lipinski definition) is 4. The number of carbonyl (C=O) groups is 2. The second kappa shape index (κ2) is 7.37. The third-order valence-corrected chi connectivity index (χ3v) is 4.84. The molecule has 0 aliphatic heterocycles. The highest BCUT2D eigenvalue weighted by atomic mass is 35.5. The molecule has 1 fully saturated rings. The first-order chi connectivity index (χ1) is 12.0. The van der Waals surface area contributed by atoms with E-state index in [1.54, 1.807) is 24.4 Å². The number of nitrogens with zero attached hydrogens (tertiary/aromatic N) is 2. The summed E-state index contributed by atoms with van der Waals surface area (Å²) in [6.45, 7) is 2.66. The second-order valence-electron chi connectivity index (χ2n) is 6.28. The van der Waals surface area contributed by atoms with Crippen molar-refractivity contribution in [3.63, 3.8) is 0 Å².